The summed E-state index contributed by atoms with van der Waals surface area (Å²) in [4.78, 5) is 11.7. The molecule has 4 N–H and O–H groups in total. The average molecular weight is 270 g/mol. The normalized spacial score (nSPS) is 9.60. The van der Waals surface area contributed by atoms with Gasteiger partial charge < -0.3 is 16.4 Å². The molecule has 0 atom stereocenters. The molecule has 20 heavy (non-hydrogen) atoms. The largest absolute Gasteiger partial charge is 0.397 e. The highest BCUT2D eigenvalue weighted by Crippen LogP contribution is 2.20. The standard InChI is InChI=1S/C14H11FN4O/c15-10-3-1-2-4-12(10)18-14(20)19-13-6-5-9(8-16)7-11(13)17/h1-7H,17H2,(H2,18,19,20). The lowest BCUT2D eigenvalue weighted by atomic mass is 10.2. The van der Waals surface area contributed by atoms with Gasteiger partial charge in [-0.15, -0.1) is 0 Å². The molecule has 2 amide bonds. The van der Waals surface area contributed by atoms with Crippen molar-refractivity contribution in [3.8, 4) is 6.07 Å². The van der Waals surface area contributed by atoms with Crippen molar-refractivity contribution in [2.24, 2.45) is 0 Å². The Balaban J connectivity index is 2.09. The molecular weight excluding hydrogens is 259 g/mol. The van der Waals surface area contributed by atoms with E-state index in [4.69, 9.17) is 11.0 Å². The summed E-state index contributed by atoms with van der Waals surface area (Å²) in [6.07, 6.45) is 0. The summed E-state index contributed by atoms with van der Waals surface area (Å²) in [5.74, 6) is -0.532. The minimum absolute atomic E-state index is 0.0669. The van der Waals surface area contributed by atoms with Gasteiger partial charge in [-0.1, -0.05) is 12.1 Å². The number of nitrogen functional groups attached to an aromatic ring is 1. The van der Waals surface area contributed by atoms with Crippen molar-refractivity contribution in [2.75, 3.05) is 16.4 Å². The van der Waals surface area contributed by atoms with Gasteiger partial charge in [0.2, 0.25) is 0 Å². The lowest BCUT2D eigenvalue weighted by Crippen LogP contribution is -2.20. The summed E-state index contributed by atoms with van der Waals surface area (Å²) in [6, 6.07) is 11.6. The number of nitrogens with two attached hydrogens (primary N) is 1. The van der Waals surface area contributed by atoms with E-state index >= 15 is 0 Å². The highest BCUT2D eigenvalue weighted by molar-refractivity contribution is 6.01. The van der Waals surface area contributed by atoms with E-state index in [2.05, 4.69) is 10.6 Å². The van der Waals surface area contributed by atoms with Gasteiger partial charge in [0.1, 0.15) is 5.82 Å². The number of hydrogen-bond donors (Lipinski definition) is 3. The second kappa shape index (κ2) is 5.71. The van der Waals surface area contributed by atoms with E-state index in [1.165, 1.54) is 36.4 Å². The molecule has 6 heteroatoms. The van der Waals surface area contributed by atoms with Crippen LogP contribution in [0.5, 0.6) is 0 Å². The number of benzene rings is 2. The van der Waals surface area contributed by atoms with Gasteiger partial charge in [-0.25, -0.2) is 9.18 Å². The fourth-order valence-electron chi connectivity index (χ4n) is 1.58. The van der Waals surface area contributed by atoms with Crippen LogP contribution in [0, 0.1) is 17.1 Å². The second-order valence-electron chi connectivity index (χ2n) is 3.97. The van der Waals surface area contributed by atoms with Gasteiger partial charge in [0.05, 0.1) is 28.7 Å². The Labute approximate surface area is 114 Å². The van der Waals surface area contributed by atoms with Gasteiger partial charge in [-0.3, -0.25) is 0 Å². The van der Waals surface area contributed by atoms with Crippen LogP contribution in [0.1, 0.15) is 5.56 Å². The Morgan fingerprint density at radius 2 is 1.85 bits per heavy atom. The number of halogens is 1. The highest BCUT2D eigenvalue weighted by atomic mass is 19.1. The Hall–Kier alpha value is -3.07. The molecule has 0 fully saturated rings. The first-order valence-electron chi connectivity index (χ1n) is 5.72. The first kappa shape index (κ1) is 13.4. The zero-order valence-corrected chi connectivity index (χ0v) is 10.4. The molecule has 2 aromatic carbocycles. The van der Waals surface area contributed by atoms with Crippen LogP contribution in [0.2, 0.25) is 0 Å². The number of rotatable bonds is 2. The maximum atomic E-state index is 13.4. The highest BCUT2D eigenvalue weighted by Gasteiger charge is 2.08. The van der Waals surface area contributed by atoms with Gasteiger partial charge in [-0.2, -0.15) is 5.26 Å². The molecule has 100 valence electrons. The van der Waals surface area contributed by atoms with E-state index in [0.29, 0.717) is 11.3 Å². The lowest BCUT2D eigenvalue weighted by molar-refractivity contribution is 0.262. The van der Waals surface area contributed by atoms with Gasteiger partial charge in [0.25, 0.3) is 0 Å². The summed E-state index contributed by atoms with van der Waals surface area (Å²) < 4.78 is 13.4. The number of nitrogens with one attached hydrogen (secondary N) is 2. The molecule has 5 nitrogen and oxygen atoms in total. The zero-order chi connectivity index (χ0) is 14.5. The van der Waals surface area contributed by atoms with Crippen LogP contribution in [0.25, 0.3) is 0 Å². The predicted molar refractivity (Wildman–Crippen MR) is 74.6 cm³/mol. The predicted octanol–water partition coefficient (Wildman–Crippen LogP) is 2.92. The second-order valence-corrected chi connectivity index (χ2v) is 3.97. The van der Waals surface area contributed by atoms with Gasteiger partial charge in [-0.05, 0) is 30.3 Å². The number of hydrogen-bond acceptors (Lipinski definition) is 3. The first-order valence-corrected chi connectivity index (χ1v) is 5.72. The molecule has 2 aromatic rings. The van der Waals surface area contributed by atoms with Crippen LogP contribution in [-0.4, -0.2) is 6.03 Å². The number of carbonyl (C=O) groups is 1. The zero-order valence-electron chi connectivity index (χ0n) is 10.4. The van der Waals surface area contributed by atoms with Gasteiger partial charge in [0.15, 0.2) is 0 Å². The van der Waals surface area contributed by atoms with Crippen LogP contribution in [0.3, 0.4) is 0 Å². The Morgan fingerprint density at radius 1 is 1.15 bits per heavy atom. The number of nitrogens with zero attached hydrogens (tertiary/aromatic N) is 1. The van der Waals surface area contributed by atoms with E-state index in [1.54, 1.807) is 6.07 Å². The SMILES string of the molecule is N#Cc1ccc(NC(=O)Nc2ccccc2F)c(N)c1. The van der Waals surface area contributed by atoms with Crippen molar-refractivity contribution >= 4 is 23.1 Å². The van der Waals surface area contributed by atoms with Crippen LogP contribution >= 0.6 is 0 Å². The van der Waals surface area contributed by atoms with E-state index in [-0.39, 0.29) is 11.4 Å². The minimum atomic E-state index is -0.619. The summed E-state index contributed by atoms with van der Waals surface area (Å²) in [6.45, 7) is 0. The fraction of sp³-hybridized carbons (Fsp3) is 0. The monoisotopic (exact) mass is 270 g/mol. The molecule has 0 saturated carbocycles. The maximum Gasteiger partial charge on any atom is 0.323 e. The summed E-state index contributed by atoms with van der Waals surface area (Å²) >= 11 is 0. The van der Waals surface area contributed by atoms with E-state index in [0.717, 1.165) is 0 Å². The third-order valence-corrected chi connectivity index (χ3v) is 2.55. The van der Waals surface area contributed by atoms with E-state index in [1.807, 2.05) is 6.07 Å². The molecule has 0 saturated heterocycles. The molecule has 0 spiro atoms. The number of anilines is 3. The lowest BCUT2D eigenvalue weighted by Gasteiger charge is -2.10. The topological polar surface area (TPSA) is 90.9 Å². The van der Waals surface area contributed by atoms with Crippen molar-refractivity contribution in [3.63, 3.8) is 0 Å². The van der Waals surface area contributed by atoms with Crippen LogP contribution < -0.4 is 16.4 Å². The van der Waals surface area contributed by atoms with Crippen molar-refractivity contribution in [1.82, 2.24) is 0 Å². The maximum absolute atomic E-state index is 13.4. The summed E-state index contributed by atoms with van der Waals surface area (Å²) in [7, 11) is 0. The molecule has 0 heterocycles. The Morgan fingerprint density at radius 3 is 2.50 bits per heavy atom. The van der Waals surface area contributed by atoms with Crippen molar-refractivity contribution in [3.05, 3.63) is 53.8 Å². The fourth-order valence-corrected chi connectivity index (χ4v) is 1.58. The molecule has 0 aliphatic heterocycles. The average Bonchev–Trinajstić information content (AvgIpc) is 2.43. The van der Waals surface area contributed by atoms with Crippen LogP contribution in [0.15, 0.2) is 42.5 Å². The number of amides is 2. The smallest absolute Gasteiger partial charge is 0.323 e. The number of para-hydroxylation sites is 1. The molecule has 0 bridgehead atoms. The van der Waals surface area contributed by atoms with Gasteiger partial charge >= 0.3 is 6.03 Å². The van der Waals surface area contributed by atoms with Crippen molar-refractivity contribution in [1.29, 1.82) is 5.26 Å². The Bertz CT molecular complexity index is 694. The molecule has 0 aliphatic rings. The number of urea groups is 1. The Kier molecular flexibility index (Phi) is 3.82. The van der Waals surface area contributed by atoms with E-state index in [9.17, 15) is 9.18 Å². The molecule has 0 aromatic heterocycles. The third-order valence-electron chi connectivity index (χ3n) is 2.55. The van der Waals surface area contributed by atoms with Crippen molar-refractivity contribution < 1.29 is 9.18 Å². The summed E-state index contributed by atoms with van der Waals surface area (Å²) in [5, 5.41) is 13.6. The molecule has 0 aliphatic carbocycles. The summed E-state index contributed by atoms with van der Waals surface area (Å²) in [5.41, 5.74) is 6.76. The molecule has 0 radical (unpaired) electrons. The van der Waals surface area contributed by atoms with Crippen LogP contribution in [-0.2, 0) is 0 Å². The first-order chi connectivity index (χ1) is 9.60. The quantitative estimate of drug-likeness (QED) is 0.733. The molecular formula is C14H11FN4O. The molecule has 2 rings (SSSR count). The molecule has 0 unspecified atom stereocenters. The third kappa shape index (κ3) is 3.03. The minimum Gasteiger partial charge on any atom is -0.397 e. The number of nitriles is 1. The number of carbonyl (C=O) groups excluding carboxylic acids is 1. The van der Waals surface area contributed by atoms with E-state index < -0.39 is 11.8 Å². The van der Waals surface area contributed by atoms with Crippen LogP contribution in [0.4, 0.5) is 26.2 Å². The van der Waals surface area contributed by atoms with Crippen molar-refractivity contribution in [2.45, 2.75) is 0 Å². The van der Waals surface area contributed by atoms with Gasteiger partial charge in [0, 0.05) is 0 Å².